The maximum absolute atomic E-state index is 13.8. The molecule has 0 aliphatic carbocycles. The monoisotopic (exact) mass is 242 g/mol. The summed E-state index contributed by atoms with van der Waals surface area (Å²) in [5.74, 6) is -0.0824. The van der Waals surface area contributed by atoms with Gasteiger partial charge in [0, 0.05) is 18.7 Å². The summed E-state index contributed by atoms with van der Waals surface area (Å²) in [6.45, 7) is 0.909. The number of hydrogen-bond donors (Lipinski definition) is 1. The molecule has 3 nitrogen and oxygen atoms in total. The second-order valence-electron chi connectivity index (χ2n) is 3.57. The Bertz CT molecular complexity index is 384. The van der Waals surface area contributed by atoms with Gasteiger partial charge in [-0.2, -0.15) is 0 Å². The van der Waals surface area contributed by atoms with Crippen LogP contribution < -0.4 is 10.5 Å². The number of nitrogens with zero attached hydrogens (tertiary/aromatic N) is 1. The van der Waals surface area contributed by atoms with Gasteiger partial charge in [0.2, 0.25) is 0 Å². The minimum absolute atomic E-state index is 0.251. The highest BCUT2D eigenvalue weighted by Crippen LogP contribution is 2.20. The fourth-order valence-electron chi connectivity index (χ4n) is 1.45. The van der Waals surface area contributed by atoms with Crippen molar-refractivity contribution in [1.29, 1.82) is 0 Å². The first-order valence-electron chi connectivity index (χ1n) is 4.82. The number of nitrogens with two attached hydrogens (primary N) is 1. The Kier molecular flexibility index (Phi) is 4.64. The second-order valence-corrected chi connectivity index (χ2v) is 4.10. The van der Waals surface area contributed by atoms with Crippen molar-refractivity contribution in [2.75, 3.05) is 20.7 Å². The molecule has 16 heavy (non-hydrogen) atoms. The van der Waals surface area contributed by atoms with Gasteiger partial charge < -0.3 is 10.5 Å². The van der Waals surface area contributed by atoms with Crippen molar-refractivity contribution < 1.29 is 9.13 Å². The van der Waals surface area contributed by atoms with Crippen LogP contribution in [0.2, 0.25) is 0 Å². The van der Waals surface area contributed by atoms with Crippen LogP contribution in [0, 0.1) is 5.82 Å². The lowest BCUT2D eigenvalue weighted by atomic mass is 10.2. The summed E-state index contributed by atoms with van der Waals surface area (Å²) in [7, 11) is 3.28. The normalized spacial score (nSPS) is 10.5. The lowest BCUT2D eigenvalue weighted by Crippen LogP contribution is -2.29. The van der Waals surface area contributed by atoms with Crippen LogP contribution in [0.25, 0.3) is 0 Å². The molecule has 0 fully saturated rings. The van der Waals surface area contributed by atoms with Gasteiger partial charge in [0.15, 0.2) is 11.6 Å². The summed E-state index contributed by atoms with van der Waals surface area (Å²) < 4.78 is 18.7. The van der Waals surface area contributed by atoms with Crippen molar-refractivity contribution in [3.05, 3.63) is 29.6 Å². The van der Waals surface area contributed by atoms with E-state index < -0.39 is 0 Å². The van der Waals surface area contributed by atoms with Gasteiger partial charge in [-0.3, -0.25) is 4.90 Å². The number of rotatable bonds is 5. The first-order valence-corrected chi connectivity index (χ1v) is 5.23. The molecule has 0 amide bonds. The fourth-order valence-corrected chi connectivity index (χ4v) is 1.67. The van der Waals surface area contributed by atoms with Crippen molar-refractivity contribution in [3.8, 4) is 5.75 Å². The van der Waals surface area contributed by atoms with Crippen LogP contribution in [0.1, 0.15) is 5.56 Å². The highest BCUT2D eigenvalue weighted by Gasteiger charge is 2.10. The zero-order chi connectivity index (χ0) is 12.1. The number of hydrogen-bond acceptors (Lipinski definition) is 3. The molecule has 5 heteroatoms. The molecule has 2 N–H and O–H groups in total. The van der Waals surface area contributed by atoms with Gasteiger partial charge in [-0.05, 0) is 13.1 Å². The Morgan fingerprint density at radius 3 is 2.81 bits per heavy atom. The number of methoxy groups -OCH3 is 1. The highest BCUT2D eigenvalue weighted by atomic mass is 32.1. The molecule has 0 saturated heterocycles. The van der Waals surface area contributed by atoms with E-state index in [1.165, 1.54) is 7.11 Å². The third kappa shape index (κ3) is 3.43. The maximum Gasteiger partial charge on any atom is 0.169 e. The Hall–Kier alpha value is -1.20. The lowest BCUT2D eigenvalue weighted by molar-refractivity contribution is 0.352. The average molecular weight is 242 g/mol. The van der Waals surface area contributed by atoms with E-state index in [0.29, 0.717) is 23.6 Å². The Morgan fingerprint density at radius 2 is 2.25 bits per heavy atom. The van der Waals surface area contributed by atoms with E-state index in [1.54, 1.807) is 18.2 Å². The predicted octanol–water partition coefficient (Wildman–Crippen LogP) is 1.55. The number of benzene rings is 1. The minimum atomic E-state index is -0.334. The minimum Gasteiger partial charge on any atom is -0.494 e. The van der Waals surface area contributed by atoms with Crippen molar-refractivity contribution >= 4 is 17.2 Å². The third-order valence-electron chi connectivity index (χ3n) is 2.13. The van der Waals surface area contributed by atoms with Crippen LogP contribution in [0.4, 0.5) is 4.39 Å². The first-order chi connectivity index (χ1) is 7.54. The average Bonchev–Trinajstić information content (AvgIpc) is 2.20. The van der Waals surface area contributed by atoms with Crippen molar-refractivity contribution in [2.45, 2.75) is 6.54 Å². The van der Waals surface area contributed by atoms with Crippen molar-refractivity contribution in [2.24, 2.45) is 5.73 Å². The number of ether oxygens (including phenoxy) is 1. The van der Waals surface area contributed by atoms with Gasteiger partial charge in [-0.1, -0.05) is 24.4 Å². The number of halogens is 1. The molecule has 0 saturated carbocycles. The lowest BCUT2D eigenvalue weighted by Gasteiger charge is -2.16. The van der Waals surface area contributed by atoms with Gasteiger partial charge in [0.25, 0.3) is 0 Å². The molecule has 0 aliphatic heterocycles. The van der Waals surface area contributed by atoms with Crippen molar-refractivity contribution in [3.63, 3.8) is 0 Å². The molecular weight excluding hydrogens is 227 g/mol. The smallest absolute Gasteiger partial charge is 0.169 e. The molecule has 0 heterocycles. The van der Waals surface area contributed by atoms with Crippen LogP contribution in [-0.2, 0) is 6.54 Å². The molecule has 0 spiro atoms. The Morgan fingerprint density at radius 1 is 1.56 bits per heavy atom. The van der Waals surface area contributed by atoms with E-state index in [-0.39, 0.29) is 11.6 Å². The Balaban J connectivity index is 2.77. The molecular formula is C11H15FN2OS. The van der Waals surface area contributed by atoms with Gasteiger partial charge >= 0.3 is 0 Å². The third-order valence-corrected chi connectivity index (χ3v) is 2.26. The molecule has 1 aromatic rings. The standard InChI is InChI=1S/C11H15FN2OS/c1-14(7-10(13)16)6-8-4-3-5-9(15-2)11(8)12/h3-5H,6-7H2,1-2H3,(H2,13,16). The quantitative estimate of drug-likeness (QED) is 0.795. The zero-order valence-electron chi connectivity index (χ0n) is 9.37. The van der Waals surface area contributed by atoms with Crippen LogP contribution in [0.3, 0.4) is 0 Å². The largest absolute Gasteiger partial charge is 0.494 e. The van der Waals surface area contributed by atoms with E-state index in [1.807, 2.05) is 11.9 Å². The molecule has 0 aliphatic rings. The van der Waals surface area contributed by atoms with E-state index >= 15 is 0 Å². The first kappa shape index (κ1) is 12.9. The van der Waals surface area contributed by atoms with Gasteiger partial charge in [0.1, 0.15) is 0 Å². The summed E-state index contributed by atoms with van der Waals surface area (Å²) in [4.78, 5) is 2.24. The summed E-state index contributed by atoms with van der Waals surface area (Å²) >= 11 is 4.79. The fraction of sp³-hybridized carbons (Fsp3) is 0.364. The van der Waals surface area contributed by atoms with Crippen LogP contribution in [-0.4, -0.2) is 30.6 Å². The van der Waals surface area contributed by atoms with E-state index in [0.717, 1.165) is 0 Å². The molecule has 1 aromatic carbocycles. The van der Waals surface area contributed by atoms with Crippen LogP contribution in [0.5, 0.6) is 5.75 Å². The summed E-state index contributed by atoms with van der Waals surface area (Å²) in [6, 6.07) is 5.06. The predicted molar refractivity (Wildman–Crippen MR) is 66.1 cm³/mol. The van der Waals surface area contributed by atoms with Crippen LogP contribution in [0.15, 0.2) is 18.2 Å². The second kappa shape index (κ2) is 5.77. The molecule has 0 atom stereocenters. The molecule has 0 radical (unpaired) electrons. The van der Waals surface area contributed by atoms with Crippen molar-refractivity contribution in [1.82, 2.24) is 4.90 Å². The molecule has 1 rings (SSSR count). The Labute approximate surface area is 100.0 Å². The van der Waals surface area contributed by atoms with E-state index in [4.69, 9.17) is 22.7 Å². The van der Waals surface area contributed by atoms with Gasteiger partial charge in [-0.15, -0.1) is 0 Å². The number of likely N-dealkylation sites (N-methyl/N-ethyl adjacent to an activating group) is 1. The summed E-state index contributed by atoms with van der Waals surface area (Å²) in [5, 5.41) is 0. The van der Waals surface area contributed by atoms with E-state index in [2.05, 4.69) is 0 Å². The van der Waals surface area contributed by atoms with Gasteiger partial charge in [0.05, 0.1) is 12.1 Å². The highest BCUT2D eigenvalue weighted by molar-refractivity contribution is 7.80. The number of thiocarbonyl (C=S) groups is 1. The molecule has 0 unspecified atom stereocenters. The molecule has 88 valence electrons. The molecule has 0 aromatic heterocycles. The topological polar surface area (TPSA) is 38.5 Å². The zero-order valence-corrected chi connectivity index (χ0v) is 10.2. The van der Waals surface area contributed by atoms with Gasteiger partial charge in [-0.25, -0.2) is 4.39 Å². The maximum atomic E-state index is 13.8. The summed E-state index contributed by atoms with van der Waals surface area (Å²) in [5.41, 5.74) is 5.98. The van der Waals surface area contributed by atoms with E-state index in [9.17, 15) is 4.39 Å². The SMILES string of the molecule is COc1cccc(CN(C)CC(N)=S)c1F. The molecule has 0 bridgehead atoms. The summed E-state index contributed by atoms with van der Waals surface area (Å²) in [6.07, 6.45) is 0. The van der Waals surface area contributed by atoms with Crippen LogP contribution >= 0.6 is 12.2 Å².